The van der Waals surface area contributed by atoms with E-state index in [1.54, 1.807) is 20.3 Å². The lowest BCUT2D eigenvalue weighted by atomic mass is 9.71. The smallest absolute Gasteiger partial charge is 0.261 e. The van der Waals surface area contributed by atoms with Gasteiger partial charge in [0.05, 0.1) is 45.1 Å². The number of likely N-dealkylation sites (N-methyl/N-ethyl adjacent to an activating group) is 1. The molecule has 4 aromatic carbocycles. The van der Waals surface area contributed by atoms with Crippen LogP contribution in [0.3, 0.4) is 0 Å². The largest absolute Gasteiger partial charge is 0.493 e. The van der Waals surface area contributed by atoms with Crippen molar-refractivity contribution >= 4 is 18.7 Å². The van der Waals surface area contributed by atoms with E-state index in [4.69, 9.17) is 37.6 Å². The summed E-state index contributed by atoms with van der Waals surface area (Å²) in [6.07, 6.45) is 2.97. The molecule has 0 spiro atoms. The van der Waals surface area contributed by atoms with Crippen LogP contribution in [0.15, 0.2) is 79.4 Å². The molecule has 4 heterocycles. The zero-order chi connectivity index (χ0) is 43.1. The van der Waals surface area contributed by atoms with Crippen molar-refractivity contribution in [2.75, 3.05) is 61.3 Å². The summed E-state index contributed by atoms with van der Waals surface area (Å²) < 4.78 is 51.0. The van der Waals surface area contributed by atoms with Gasteiger partial charge < -0.3 is 37.6 Å². The van der Waals surface area contributed by atoms with Crippen molar-refractivity contribution < 1.29 is 37.6 Å². The summed E-state index contributed by atoms with van der Waals surface area (Å²) in [5.74, 6) is 3.46. The molecule has 0 unspecified atom stereocenters. The SMILES string of the molecule is C=CCOc1c(C)c2c(c3c1C[C@H]1[C@H]4c5c(cc(C)c(OC)c5OCOCCOC)C[C@@H]([C@H](C#N)N1[C@H]3CO[Si](c1ccccc1)(c1ccccc1)C(C)(C)C)N4C)OCO2. The van der Waals surface area contributed by atoms with Gasteiger partial charge in [-0.25, -0.2) is 0 Å². The molecule has 322 valence electrons. The van der Waals surface area contributed by atoms with Gasteiger partial charge in [0, 0.05) is 41.4 Å². The second kappa shape index (κ2) is 17.5. The van der Waals surface area contributed by atoms with Gasteiger partial charge in [0.25, 0.3) is 8.32 Å². The maximum Gasteiger partial charge on any atom is 0.261 e. The van der Waals surface area contributed by atoms with Gasteiger partial charge in [-0.2, -0.15) is 5.26 Å². The quantitative estimate of drug-likeness (QED) is 0.0538. The maximum atomic E-state index is 11.5. The third-order valence-corrected chi connectivity index (χ3v) is 18.2. The molecule has 4 aliphatic heterocycles. The number of benzene rings is 4. The molecule has 61 heavy (non-hydrogen) atoms. The molecule has 0 amide bonds. The normalized spacial score (nSPS) is 21.8. The lowest BCUT2D eigenvalue weighted by Crippen LogP contribution is -2.70. The number of rotatable bonds is 15. The Labute approximate surface area is 361 Å². The van der Waals surface area contributed by atoms with Crippen LogP contribution in [-0.2, 0) is 26.7 Å². The minimum atomic E-state index is -3.06. The summed E-state index contributed by atoms with van der Waals surface area (Å²) in [7, 11) is 2.42. The first-order valence-electron chi connectivity index (χ1n) is 21.2. The highest BCUT2D eigenvalue weighted by Gasteiger charge is 2.58. The van der Waals surface area contributed by atoms with Crippen molar-refractivity contribution in [3.63, 3.8) is 0 Å². The Hall–Kier alpha value is -4.87. The molecule has 0 saturated carbocycles. The first-order chi connectivity index (χ1) is 29.5. The Balaban J connectivity index is 1.35. The zero-order valence-electron chi connectivity index (χ0n) is 36.8. The number of nitrogens with zero attached hydrogens (tertiary/aromatic N) is 3. The molecule has 4 aromatic rings. The van der Waals surface area contributed by atoms with Crippen LogP contribution >= 0.6 is 0 Å². The van der Waals surface area contributed by atoms with E-state index in [0.29, 0.717) is 62.3 Å². The van der Waals surface area contributed by atoms with Gasteiger partial charge >= 0.3 is 0 Å². The summed E-state index contributed by atoms with van der Waals surface area (Å²) in [5.41, 5.74) is 6.03. The molecule has 12 heteroatoms. The van der Waals surface area contributed by atoms with E-state index in [-0.39, 0.29) is 36.7 Å². The van der Waals surface area contributed by atoms with E-state index < -0.39 is 20.4 Å². The summed E-state index contributed by atoms with van der Waals surface area (Å²) in [6.45, 7) is 16.5. The molecular weight excluding hydrogens is 787 g/mol. The first-order valence-corrected chi connectivity index (χ1v) is 23.2. The van der Waals surface area contributed by atoms with Gasteiger partial charge in [0.1, 0.15) is 18.4 Å². The van der Waals surface area contributed by atoms with Crippen molar-refractivity contribution in [2.24, 2.45) is 0 Å². The minimum Gasteiger partial charge on any atom is -0.493 e. The van der Waals surface area contributed by atoms with Crippen LogP contribution in [0.5, 0.6) is 28.7 Å². The van der Waals surface area contributed by atoms with E-state index in [2.05, 4.69) is 117 Å². The van der Waals surface area contributed by atoms with Crippen molar-refractivity contribution in [2.45, 2.75) is 82.7 Å². The molecule has 2 bridgehead atoms. The first kappa shape index (κ1) is 42.8. The van der Waals surface area contributed by atoms with Crippen LogP contribution in [0.25, 0.3) is 0 Å². The Morgan fingerprint density at radius 1 is 0.885 bits per heavy atom. The Bertz CT molecular complexity index is 2240. The highest BCUT2D eigenvalue weighted by Crippen LogP contribution is 2.59. The van der Waals surface area contributed by atoms with Crippen molar-refractivity contribution in [1.29, 1.82) is 5.26 Å². The molecule has 0 radical (unpaired) electrons. The third kappa shape index (κ3) is 7.19. The minimum absolute atomic E-state index is 0.0324. The van der Waals surface area contributed by atoms with Crippen LogP contribution in [0, 0.1) is 25.2 Å². The van der Waals surface area contributed by atoms with E-state index in [1.165, 1.54) is 10.4 Å². The molecule has 0 aliphatic carbocycles. The standard InChI is InChI=1S/C49H59N3O8Si/c1-10-21-56-45-32(3)46-48(59-30-58-46)42-36(45)26-38-43-41-33(24-31(2)44(54-9)47(41)57-29-55-23-22-53-8)25-37(51(43)7)39(27-50)52(38)40(42)28-60-61(49(4,5)6,34-17-13-11-14-18-34)35-19-15-12-16-20-35/h10-20,24,37-40,43H,1,21-23,25-26,28-30H2,2-9H3/t37-,38-,39-,40-,43-/m0/s1. The summed E-state index contributed by atoms with van der Waals surface area (Å²) >= 11 is 0. The topological polar surface area (TPSA) is 104 Å². The van der Waals surface area contributed by atoms with Crippen LogP contribution in [-0.4, -0.2) is 97.5 Å². The molecule has 1 saturated heterocycles. The van der Waals surface area contributed by atoms with Crippen molar-refractivity contribution in [3.8, 4) is 34.8 Å². The van der Waals surface area contributed by atoms with Gasteiger partial charge in [0.2, 0.25) is 6.79 Å². The number of fused-ring (bicyclic) bond motifs is 9. The number of hydrogen-bond acceptors (Lipinski definition) is 11. The number of nitriles is 1. The number of aryl methyl sites for hydroxylation is 1. The van der Waals surface area contributed by atoms with Gasteiger partial charge in [-0.05, 0) is 60.3 Å². The summed E-state index contributed by atoms with van der Waals surface area (Å²) in [6, 6.07) is 25.0. The number of ether oxygens (including phenoxy) is 7. The average Bonchev–Trinajstić information content (AvgIpc) is 3.75. The average molecular weight is 846 g/mol. The number of hydrogen-bond donors (Lipinski definition) is 0. The molecular formula is C49H59N3O8Si. The predicted molar refractivity (Wildman–Crippen MR) is 237 cm³/mol. The fourth-order valence-corrected chi connectivity index (χ4v) is 15.3. The lowest BCUT2D eigenvalue weighted by Gasteiger charge is -2.60. The number of piperazine rings is 1. The summed E-state index contributed by atoms with van der Waals surface area (Å²) in [4.78, 5) is 4.83. The maximum absolute atomic E-state index is 11.5. The van der Waals surface area contributed by atoms with Crippen LogP contribution < -0.4 is 34.1 Å². The second-order valence-electron chi connectivity index (χ2n) is 17.5. The molecule has 1 fully saturated rings. The molecule has 0 N–H and O–H groups in total. The van der Waals surface area contributed by atoms with Gasteiger partial charge in [-0.15, -0.1) is 0 Å². The molecule has 11 nitrogen and oxygen atoms in total. The Morgan fingerprint density at radius 2 is 1.57 bits per heavy atom. The second-order valence-corrected chi connectivity index (χ2v) is 21.8. The fraction of sp³-hybridized carbons (Fsp3) is 0.449. The van der Waals surface area contributed by atoms with Crippen molar-refractivity contribution in [1.82, 2.24) is 9.80 Å². The van der Waals surface area contributed by atoms with Gasteiger partial charge in [-0.1, -0.05) is 100 Å². The monoisotopic (exact) mass is 845 g/mol. The van der Waals surface area contributed by atoms with E-state index in [0.717, 1.165) is 39.1 Å². The van der Waals surface area contributed by atoms with Gasteiger partial charge in [0.15, 0.2) is 29.8 Å². The third-order valence-electron chi connectivity index (χ3n) is 13.2. The van der Waals surface area contributed by atoms with Gasteiger partial charge in [-0.3, -0.25) is 9.80 Å². The molecule has 5 atom stereocenters. The molecule has 8 rings (SSSR count). The highest BCUT2D eigenvalue weighted by molar-refractivity contribution is 6.99. The van der Waals surface area contributed by atoms with Crippen LogP contribution in [0.1, 0.15) is 66.2 Å². The van der Waals surface area contributed by atoms with Crippen LogP contribution in [0.4, 0.5) is 0 Å². The predicted octanol–water partition coefficient (Wildman–Crippen LogP) is 6.95. The van der Waals surface area contributed by atoms with E-state index >= 15 is 0 Å². The Kier molecular flexibility index (Phi) is 12.3. The highest BCUT2D eigenvalue weighted by atomic mass is 28.4. The van der Waals surface area contributed by atoms with E-state index in [1.807, 2.05) is 13.8 Å². The van der Waals surface area contributed by atoms with Crippen molar-refractivity contribution in [3.05, 3.63) is 113 Å². The lowest BCUT2D eigenvalue weighted by molar-refractivity contribution is -0.0823. The number of methoxy groups -OCH3 is 2. The fourth-order valence-electron chi connectivity index (χ4n) is 10.7. The molecule has 0 aromatic heterocycles. The van der Waals surface area contributed by atoms with E-state index in [9.17, 15) is 5.26 Å². The summed E-state index contributed by atoms with van der Waals surface area (Å²) in [5, 5.41) is 13.5. The molecule has 4 aliphatic rings. The van der Waals surface area contributed by atoms with Crippen LogP contribution in [0.2, 0.25) is 5.04 Å². The zero-order valence-corrected chi connectivity index (χ0v) is 37.8. The Morgan fingerprint density at radius 3 is 2.20 bits per heavy atom.